The molecule has 0 saturated heterocycles. The van der Waals surface area contributed by atoms with Gasteiger partial charge in [-0.2, -0.15) is 0 Å². The van der Waals surface area contributed by atoms with Gasteiger partial charge in [-0.05, 0) is 37.1 Å². The number of carbonyl (C=O) groups is 1. The second kappa shape index (κ2) is 6.59. The lowest BCUT2D eigenvalue weighted by atomic mass is 10.1. The predicted molar refractivity (Wildman–Crippen MR) is 82.6 cm³/mol. The molecule has 1 aromatic carbocycles. The first kappa shape index (κ1) is 15.3. The van der Waals surface area contributed by atoms with Crippen LogP contribution >= 0.6 is 11.6 Å². The number of rotatable bonds is 4. The van der Waals surface area contributed by atoms with Crippen LogP contribution in [0.4, 0.5) is 0 Å². The highest BCUT2D eigenvalue weighted by Gasteiger charge is 2.19. The molecule has 2 rings (SSSR count). The fraction of sp³-hybridized carbons (Fsp3) is 0.250. The largest absolute Gasteiger partial charge is 0.508 e. The minimum atomic E-state index is -0.131. The summed E-state index contributed by atoms with van der Waals surface area (Å²) in [6.45, 7) is 1.97. The number of phenols is 1. The van der Waals surface area contributed by atoms with Crippen molar-refractivity contribution in [3.63, 3.8) is 0 Å². The Kier molecular flexibility index (Phi) is 4.81. The second-order valence-electron chi connectivity index (χ2n) is 4.99. The van der Waals surface area contributed by atoms with Crippen LogP contribution in [0.1, 0.15) is 22.8 Å². The molecule has 0 saturated carbocycles. The predicted octanol–water partition coefficient (Wildman–Crippen LogP) is 3.14. The van der Waals surface area contributed by atoms with Gasteiger partial charge < -0.3 is 10.0 Å². The summed E-state index contributed by atoms with van der Waals surface area (Å²) < 4.78 is 0. The number of hydrogen-bond acceptors (Lipinski definition) is 3. The third-order valence-electron chi connectivity index (χ3n) is 3.45. The van der Waals surface area contributed by atoms with E-state index < -0.39 is 0 Å². The first-order valence-corrected chi connectivity index (χ1v) is 7.01. The molecule has 4 nitrogen and oxygen atoms in total. The molecule has 110 valence electrons. The summed E-state index contributed by atoms with van der Waals surface area (Å²) >= 11 is 6.01. The van der Waals surface area contributed by atoms with E-state index in [2.05, 4.69) is 4.98 Å². The number of nitrogens with zero attached hydrogens (tertiary/aromatic N) is 2. The van der Waals surface area contributed by atoms with E-state index in [1.807, 2.05) is 19.1 Å². The summed E-state index contributed by atoms with van der Waals surface area (Å²) in [7, 11) is 1.75. The first-order valence-electron chi connectivity index (χ1n) is 6.63. The number of aromatic nitrogens is 1. The van der Waals surface area contributed by atoms with Crippen molar-refractivity contribution >= 4 is 17.5 Å². The van der Waals surface area contributed by atoms with Gasteiger partial charge in [0.15, 0.2) is 0 Å². The molecule has 1 N–H and O–H groups in total. The molecule has 0 bridgehead atoms. The molecule has 0 unspecified atom stereocenters. The topological polar surface area (TPSA) is 53.4 Å². The highest BCUT2D eigenvalue weighted by molar-refractivity contribution is 6.33. The Morgan fingerprint density at radius 2 is 2.00 bits per heavy atom. The Bertz CT molecular complexity index is 628. The molecule has 21 heavy (non-hydrogen) atoms. The van der Waals surface area contributed by atoms with Crippen LogP contribution in [0.25, 0.3) is 0 Å². The molecule has 1 heterocycles. The van der Waals surface area contributed by atoms with Gasteiger partial charge in [0.1, 0.15) is 5.75 Å². The van der Waals surface area contributed by atoms with Gasteiger partial charge in [-0.25, -0.2) is 0 Å². The van der Waals surface area contributed by atoms with Crippen molar-refractivity contribution in [2.24, 2.45) is 0 Å². The normalized spacial score (nSPS) is 12.0. The lowest BCUT2D eigenvalue weighted by molar-refractivity contribution is 0.0743. The number of hydrogen-bond donors (Lipinski definition) is 1. The van der Waals surface area contributed by atoms with Crippen LogP contribution in [-0.4, -0.2) is 34.0 Å². The Labute approximate surface area is 129 Å². The minimum Gasteiger partial charge on any atom is -0.508 e. The van der Waals surface area contributed by atoms with Crippen molar-refractivity contribution in [2.75, 3.05) is 7.05 Å². The monoisotopic (exact) mass is 304 g/mol. The van der Waals surface area contributed by atoms with Crippen molar-refractivity contribution in [1.29, 1.82) is 0 Å². The summed E-state index contributed by atoms with van der Waals surface area (Å²) in [5.74, 6) is 0.105. The van der Waals surface area contributed by atoms with Crippen molar-refractivity contribution in [3.8, 4) is 5.75 Å². The lowest BCUT2D eigenvalue weighted by Gasteiger charge is -2.25. The van der Waals surface area contributed by atoms with Gasteiger partial charge in [-0.3, -0.25) is 9.78 Å². The molecule has 0 aliphatic rings. The average Bonchev–Trinajstić information content (AvgIpc) is 2.48. The number of halogens is 1. The van der Waals surface area contributed by atoms with Crippen molar-refractivity contribution < 1.29 is 9.90 Å². The van der Waals surface area contributed by atoms with Crippen LogP contribution in [0.5, 0.6) is 5.75 Å². The summed E-state index contributed by atoms with van der Waals surface area (Å²) in [6, 6.07) is 8.61. The third kappa shape index (κ3) is 3.73. The van der Waals surface area contributed by atoms with E-state index in [0.29, 0.717) is 17.0 Å². The van der Waals surface area contributed by atoms with Gasteiger partial charge in [0.25, 0.3) is 5.91 Å². The standard InChI is InChI=1S/C16H17ClN2O2/c1-11(9-12-3-5-13(20)6-4-12)19(2)16(21)14-7-8-18-10-15(14)17/h3-8,10-11,20H,9H2,1-2H3/t11-/m0/s1. The number of likely N-dealkylation sites (N-methyl/N-ethyl adjacent to an activating group) is 1. The summed E-state index contributed by atoms with van der Waals surface area (Å²) in [4.78, 5) is 18.0. The maximum absolute atomic E-state index is 12.4. The van der Waals surface area contributed by atoms with Crippen molar-refractivity contribution in [3.05, 3.63) is 58.9 Å². The third-order valence-corrected chi connectivity index (χ3v) is 3.75. The molecule has 1 aromatic heterocycles. The molecule has 0 spiro atoms. The second-order valence-corrected chi connectivity index (χ2v) is 5.40. The van der Waals surface area contributed by atoms with Gasteiger partial charge in [0.2, 0.25) is 0 Å². The maximum Gasteiger partial charge on any atom is 0.255 e. The molecule has 2 aromatic rings. The number of carbonyl (C=O) groups excluding carboxylic acids is 1. The van der Waals surface area contributed by atoms with E-state index in [0.717, 1.165) is 5.56 Å². The summed E-state index contributed by atoms with van der Waals surface area (Å²) in [5, 5.41) is 9.64. The van der Waals surface area contributed by atoms with Gasteiger partial charge >= 0.3 is 0 Å². The van der Waals surface area contributed by atoms with Crippen molar-refractivity contribution in [2.45, 2.75) is 19.4 Å². The smallest absolute Gasteiger partial charge is 0.255 e. The number of amides is 1. The molecular formula is C16H17ClN2O2. The summed E-state index contributed by atoms with van der Waals surface area (Å²) in [5.41, 5.74) is 1.51. The van der Waals surface area contributed by atoms with Crippen LogP contribution in [0, 0.1) is 0 Å². The van der Waals surface area contributed by atoms with E-state index in [-0.39, 0.29) is 17.7 Å². The Morgan fingerprint density at radius 1 is 1.33 bits per heavy atom. The highest BCUT2D eigenvalue weighted by atomic mass is 35.5. The zero-order chi connectivity index (χ0) is 15.4. The van der Waals surface area contributed by atoms with Gasteiger partial charge in [-0.1, -0.05) is 23.7 Å². The van der Waals surface area contributed by atoms with E-state index in [1.54, 1.807) is 36.3 Å². The fourth-order valence-electron chi connectivity index (χ4n) is 2.05. The van der Waals surface area contributed by atoms with Crippen LogP contribution in [-0.2, 0) is 6.42 Å². The lowest BCUT2D eigenvalue weighted by Crippen LogP contribution is -2.36. The Balaban J connectivity index is 2.08. The van der Waals surface area contributed by atoms with Crippen molar-refractivity contribution in [1.82, 2.24) is 9.88 Å². The first-order chi connectivity index (χ1) is 9.99. The van der Waals surface area contributed by atoms with E-state index >= 15 is 0 Å². The quantitative estimate of drug-likeness (QED) is 0.944. The van der Waals surface area contributed by atoms with E-state index in [9.17, 15) is 9.90 Å². The number of benzene rings is 1. The maximum atomic E-state index is 12.4. The SMILES string of the molecule is C[C@@H](Cc1ccc(O)cc1)N(C)C(=O)c1ccncc1Cl. The molecule has 0 fully saturated rings. The molecule has 5 heteroatoms. The fourth-order valence-corrected chi connectivity index (χ4v) is 2.25. The van der Waals surface area contributed by atoms with Gasteiger partial charge in [-0.15, -0.1) is 0 Å². The zero-order valence-corrected chi connectivity index (χ0v) is 12.7. The number of phenolic OH excluding ortho intramolecular Hbond substituents is 1. The molecule has 0 aliphatic heterocycles. The molecular weight excluding hydrogens is 288 g/mol. The van der Waals surface area contributed by atoms with Crippen LogP contribution in [0.2, 0.25) is 5.02 Å². The highest BCUT2D eigenvalue weighted by Crippen LogP contribution is 2.18. The van der Waals surface area contributed by atoms with Crippen LogP contribution < -0.4 is 0 Å². The minimum absolute atomic E-state index is 0.00581. The Morgan fingerprint density at radius 3 is 2.62 bits per heavy atom. The number of aromatic hydroxyl groups is 1. The molecule has 0 aliphatic carbocycles. The van der Waals surface area contributed by atoms with Crippen LogP contribution in [0.15, 0.2) is 42.7 Å². The summed E-state index contributed by atoms with van der Waals surface area (Å²) in [6.07, 6.45) is 3.72. The van der Waals surface area contributed by atoms with Gasteiger partial charge in [0, 0.05) is 25.5 Å². The molecule has 1 amide bonds. The average molecular weight is 305 g/mol. The number of pyridine rings is 1. The molecule has 1 atom stereocenters. The van der Waals surface area contributed by atoms with Gasteiger partial charge in [0.05, 0.1) is 10.6 Å². The Hall–Kier alpha value is -2.07. The van der Waals surface area contributed by atoms with E-state index in [4.69, 9.17) is 11.6 Å². The molecule has 0 radical (unpaired) electrons. The zero-order valence-electron chi connectivity index (χ0n) is 12.0. The van der Waals surface area contributed by atoms with E-state index in [1.165, 1.54) is 6.20 Å². The van der Waals surface area contributed by atoms with Crippen LogP contribution in [0.3, 0.4) is 0 Å².